The number of likely N-dealkylation sites (tertiary alicyclic amines) is 1. The summed E-state index contributed by atoms with van der Waals surface area (Å²) >= 11 is 0. The van der Waals surface area contributed by atoms with Crippen molar-refractivity contribution in [2.75, 3.05) is 19.6 Å². The molecule has 0 aromatic rings. The Bertz CT molecular complexity index is 166. The lowest BCUT2D eigenvalue weighted by Gasteiger charge is -2.26. The van der Waals surface area contributed by atoms with Gasteiger partial charge in [0, 0.05) is 6.54 Å². The molecular formula is C11H19N. The minimum Gasteiger partial charge on any atom is -0.299 e. The quantitative estimate of drug-likeness (QED) is 0.568. The zero-order valence-electron chi connectivity index (χ0n) is 7.89. The van der Waals surface area contributed by atoms with Crippen LogP contribution in [0, 0.1) is 0 Å². The van der Waals surface area contributed by atoms with Gasteiger partial charge in [0.15, 0.2) is 0 Å². The van der Waals surface area contributed by atoms with Crippen LogP contribution in [0.5, 0.6) is 0 Å². The highest BCUT2D eigenvalue weighted by atomic mass is 15.1. The average Bonchev–Trinajstić information content (AvgIpc) is 2.59. The molecule has 68 valence electrons. The smallest absolute Gasteiger partial charge is 0.0192 e. The summed E-state index contributed by atoms with van der Waals surface area (Å²) in [6, 6.07) is 0. The predicted molar refractivity (Wildman–Crippen MR) is 52.2 cm³/mol. The van der Waals surface area contributed by atoms with E-state index in [9.17, 15) is 0 Å². The first-order valence-electron chi connectivity index (χ1n) is 5.35. The summed E-state index contributed by atoms with van der Waals surface area (Å²) < 4.78 is 0. The molecule has 1 saturated heterocycles. The molecule has 0 saturated carbocycles. The average molecular weight is 165 g/mol. The van der Waals surface area contributed by atoms with Crippen molar-refractivity contribution in [1.82, 2.24) is 4.90 Å². The van der Waals surface area contributed by atoms with Crippen LogP contribution in [0.25, 0.3) is 0 Å². The lowest BCUT2D eigenvalue weighted by atomic mass is 10.1. The minimum atomic E-state index is 1.28. The lowest BCUT2D eigenvalue weighted by molar-refractivity contribution is 0.245. The molecule has 0 radical (unpaired) electrons. The fourth-order valence-electron chi connectivity index (χ4n) is 2.29. The van der Waals surface area contributed by atoms with E-state index in [1.807, 2.05) is 0 Å². The Balaban J connectivity index is 1.77. The summed E-state index contributed by atoms with van der Waals surface area (Å²) in [5, 5.41) is 0. The highest BCUT2D eigenvalue weighted by Crippen LogP contribution is 2.20. The molecule has 1 fully saturated rings. The van der Waals surface area contributed by atoms with Crippen molar-refractivity contribution < 1.29 is 0 Å². The summed E-state index contributed by atoms with van der Waals surface area (Å²) in [6.45, 7) is 3.97. The molecule has 1 aliphatic carbocycles. The topological polar surface area (TPSA) is 3.24 Å². The minimum absolute atomic E-state index is 1.28. The van der Waals surface area contributed by atoms with E-state index in [4.69, 9.17) is 0 Å². The Morgan fingerprint density at radius 1 is 1.08 bits per heavy atom. The van der Waals surface area contributed by atoms with Crippen LogP contribution in [0.1, 0.15) is 38.5 Å². The van der Waals surface area contributed by atoms with Crippen LogP contribution in [-0.2, 0) is 0 Å². The van der Waals surface area contributed by atoms with Crippen molar-refractivity contribution in [3.8, 4) is 0 Å². The molecule has 2 rings (SSSR count). The van der Waals surface area contributed by atoms with Crippen LogP contribution in [0.2, 0.25) is 0 Å². The maximum Gasteiger partial charge on any atom is 0.0192 e. The monoisotopic (exact) mass is 165 g/mol. The molecule has 0 amide bonds. The highest BCUT2D eigenvalue weighted by Gasteiger charge is 2.12. The van der Waals surface area contributed by atoms with Gasteiger partial charge in [0.05, 0.1) is 0 Å². The molecule has 0 aromatic carbocycles. The van der Waals surface area contributed by atoms with Crippen molar-refractivity contribution >= 4 is 0 Å². The molecule has 1 heterocycles. The summed E-state index contributed by atoms with van der Waals surface area (Å²) in [6.07, 6.45) is 10.9. The molecule has 0 bridgehead atoms. The molecule has 2 aliphatic rings. The van der Waals surface area contributed by atoms with Gasteiger partial charge in [-0.05, 0) is 45.2 Å². The molecule has 0 spiro atoms. The second-order valence-corrected chi connectivity index (χ2v) is 4.09. The van der Waals surface area contributed by atoms with Gasteiger partial charge >= 0.3 is 0 Å². The zero-order chi connectivity index (χ0) is 8.23. The van der Waals surface area contributed by atoms with E-state index in [1.54, 1.807) is 5.57 Å². The predicted octanol–water partition coefficient (Wildman–Crippen LogP) is 2.58. The van der Waals surface area contributed by atoms with E-state index in [0.29, 0.717) is 0 Å². The van der Waals surface area contributed by atoms with Crippen LogP contribution in [0.15, 0.2) is 11.6 Å². The number of rotatable bonds is 2. The van der Waals surface area contributed by atoms with Gasteiger partial charge in [-0.25, -0.2) is 0 Å². The Morgan fingerprint density at radius 3 is 2.58 bits per heavy atom. The van der Waals surface area contributed by atoms with Crippen molar-refractivity contribution in [3.05, 3.63) is 11.6 Å². The standard InChI is InChI=1S/C11H19N/c1-4-8-12(9-5-1)10-11-6-2-3-7-11/h6H,1-5,7-10H2. The lowest BCUT2D eigenvalue weighted by Crippen LogP contribution is -2.31. The van der Waals surface area contributed by atoms with Crippen LogP contribution in [-0.4, -0.2) is 24.5 Å². The second kappa shape index (κ2) is 4.08. The molecule has 12 heavy (non-hydrogen) atoms. The van der Waals surface area contributed by atoms with E-state index in [2.05, 4.69) is 11.0 Å². The summed E-state index contributed by atoms with van der Waals surface area (Å²) in [4.78, 5) is 2.63. The molecule has 0 unspecified atom stereocenters. The number of nitrogens with zero attached hydrogens (tertiary/aromatic N) is 1. The molecule has 0 N–H and O–H groups in total. The number of hydrogen-bond donors (Lipinski definition) is 0. The summed E-state index contributed by atoms with van der Waals surface area (Å²) in [7, 11) is 0. The molecule has 1 heteroatoms. The summed E-state index contributed by atoms with van der Waals surface area (Å²) in [5.74, 6) is 0. The van der Waals surface area contributed by atoms with Crippen molar-refractivity contribution in [3.63, 3.8) is 0 Å². The van der Waals surface area contributed by atoms with Gasteiger partial charge in [0.2, 0.25) is 0 Å². The first kappa shape index (κ1) is 8.31. The van der Waals surface area contributed by atoms with Crippen LogP contribution < -0.4 is 0 Å². The third-order valence-corrected chi connectivity index (χ3v) is 3.01. The van der Waals surface area contributed by atoms with E-state index in [1.165, 1.54) is 58.2 Å². The highest BCUT2D eigenvalue weighted by molar-refractivity contribution is 5.09. The van der Waals surface area contributed by atoms with E-state index >= 15 is 0 Å². The van der Waals surface area contributed by atoms with E-state index < -0.39 is 0 Å². The largest absolute Gasteiger partial charge is 0.299 e. The van der Waals surface area contributed by atoms with Crippen molar-refractivity contribution in [2.45, 2.75) is 38.5 Å². The molecule has 0 aromatic heterocycles. The second-order valence-electron chi connectivity index (χ2n) is 4.09. The SMILES string of the molecule is C1=C(CN2CCCCC2)CCC1. The molecular weight excluding hydrogens is 146 g/mol. The van der Waals surface area contributed by atoms with Gasteiger partial charge in [-0.15, -0.1) is 0 Å². The third-order valence-electron chi connectivity index (χ3n) is 3.01. The molecule has 0 atom stereocenters. The third kappa shape index (κ3) is 2.10. The van der Waals surface area contributed by atoms with Gasteiger partial charge < -0.3 is 0 Å². The fraction of sp³-hybridized carbons (Fsp3) is 0.818. The Morgan fingerprint density at radius 2 is 1.92 bits per heavy atom. The van der Waals surface area contributed by atoms with Crippen molar-refractivity contribution in [1.29, 1.82) is 0 Å². The van der Waals surface area contributed by atoms with Gasteiger partial charge in [0.1, 0.15) is 0 Å². The Hall–Kier alpha value is -0.300. The summed E-state index contributed by atoms with van der Waals surface area (Å²) in [5.41, 5.74) is 1.71. The van der Waals surface area contributed by atoms with Gasteiger partial charge in [0.25, 0.3) is 0 Å². The van der Waals surface area contributed by atoms with Gasteiger partial charge in [-0.1, -0.05) is 18.1 Å². The van der Waals surface area contributed by atoms with Crippen LogP contribution in [0.4, 0.5) is 0 Å². The fourth-order valence-corrected chi connectivity index (χ4v) is 2.29. The number of allylic oxidation sites excluding steroid dienone is 1. The van der Waals surface area contributed by atoms with Crippen molar-refractivity contribution in [2.24, 2.45) is 0 Å². The molecule has 1 nitrogen and oxygen atoms in total. The van der Waals surface area contributed by atoms with Crippen LogP contribution >= 0.6 is 0 Å². The number of hydrogen-bond acceptors (Lipinski definition) is 1. The maximum absolute atomic E-state index is 2.63. The zero-order valence-corrected chi connectivity index (χ0v) is 7.89. The maximum atomic E-state index is 2.63. The molecule has 1 aliphatic heterocycles. The normalized spacial score (nSPS) is 25.8. The van der Waals surface area contributed by atoms with E-state index in [0.717, 1.165) is 0 Å². The van der Waals surface area contributed by atoms with Crippen LogP contribution in [0.3, 0.4) is 0 Å². The van der Waals surface area contributed by atoms with Gasteiger partial charge in [-0.3, -0.25) is 4.90 Å². The Kier molecular flexibility index (Phi) is 2.83. The Labute approximate surface area is 75.4 Å². The first-order chi connectivity index (χ1) is 5.95. The number of piperidine rings is 1. The van der Waals surface area contributed by atoms with E-state index in [-0.39, 0.29) is 0 Å². The van der Waals surface area contributed by atoms with Gasteiger partial charge in [-0.2, -0.15) is 0 Å². The first-order valence-corrected chi connectivity index (χ1v) is 5.35.